The minimum Gasteiger partial charge on any atom is -0.480 e. The van der Waals surface area contributed by atoms with Crippen molar-refractivity contribution in [2.45, 2.75) is 69.1 Å². The number of carbonyl (C=O) groups excluding carboxylic acids is 4. The van der Waals surface area contributed by atoms with E-state index < -0.39 is 60.2 Å². The van der Waals surface area contributed by atoms with Gasteiger partial charge in [0.1, 0.15) is 18.1 Å². The highest BCUT2D eigenvalue weighted by atomic mass is 32.2. The number of amides is 4. The molecule has 12 nitrogen and oxygen atoms in total. The van der Waals surface area contributed by atoms with Crippen molar-refractivity contribution in [3.8, 4) is 0 Å². The van der Waals surface area contributed by atoms with Crippen molar-refractivity contribution in [3.63, 3.8) is 0 Å². The largest absolute Gasteiger partial charge is 0.480 e. The third kappa shape index (κ3) is 10.9. The van der Waals surface area contributed by atoms with Crippen LogP contribution in [-0.4, -0.2) is 84.0 Å². The first-order chi connectivity index (χ1) is 15.7. The van der Waals surface area contributed by atoms with Crippen molar-refractivity contribution in [3.05, 3.63) is 0 Å². The highest BCUT2D eigenvalue weighted by molar-refractivity contribution is 7.98. The van der Waals surface area contributed by atoms with Crippen LogP contribution in [0.3, 0.4) is 0 Å². The zero-order chi connectivity index (χ0) is 24.8. The van der Waals surface area contributed by atoms with Gasteiger partial charge in [0.2, 0.25) is 23.6 Å². The lowest BCUT2D eigenvalue weighted by Gasteiger charge is -2.24. The van der Waals surface area contributed by atoms with Crippen LogP contribution in [0.15, 0.2) is 0 Å². The van der Waals surface area contributed by atoms with E-state index in [0.717, 1.165) is 6.42 Å². The normalized spacial score (nSPS) is 18.1. The number of hydrogen-bond donors (Lipinski definition) is 7. The number of carboxylic acid groups (broad SMARTS) is 1. The number of nitrogens with two attached hydrogens (primary N) is 2. The van der Waals surface area contributed by atoms with Crippen molar-refractivity contribution >= 4 is 41.4 Å². The Bertz CT molecular complexity index is 688. The van der Waals surface area contributed by atoms with E-state index in [1.165, 1.54) is 11.8 Å². The van der Waals surface area contributed by atoms with Gasteiger partial charge >= 0.3 is 5.97 Å². The van der Waals surface area contributed by atoms with E-state index in [2.05, 4.69) is 21.3 Å². The second-order valence-electron chi connectivity index (χ2n) is 7.91. The van der Waals surface area contributed by atoms with Crippen LogP contribution in [-0.2, 0) is 24.0 Å². The van der Waals surface area contributed by atoms with Crippen LogP contribution in [0.4, 0.5) is 0 Å². The molecule has 1 aliphatic rings. The molecular formula is C20H36N6O6S. The molecule has 13 heteroatoms. The van der Waals surface area contributed by atoms with Gasteiger partial charge in [-0.1, -0.05) is 0 Å². The summed E-state index contributed by atoms with van der Waals surface area (Å²) < 4.78 is 0. The fourth-order valence-electron chi connectivity index (χ4n) is 3.39. The van der Waals surface area contributed by atoms with Crippen LogP contribution in [0.25, 0.3) is 0 Å². The first-order valence-corrected chi connectivity index (χ1v) is 12.4. The van der Waals surface area contributed by atoms with Gasteiger partial charge in [-0.25, -0.2) is 4.79 Å². The highest BCUT2D eigenvalue weighted by Crippen LogP contribution is 2.08. The van der Waals surface area contributed by atoms with E-state index in [1.807, 2.05) is 6.26 Å². The molecule has 0 aromatic heterocycles. The van der Waals surface area contributed by atoms with E-state index in [0.29, 0.717) is 38.1 Å². The maximum Gasteiger partial charge on any atom is 0.326 e. The predicted molar refractivity (Wildman–Crippen MR) is 124 cm³/mol. The molecule has 0 bridgehead atoms. The molecule has 0 aromatic carbocycles. The third-order valence-electron chi connectivity index (χ3n) is 5.22. The summed E-state index contributed by atoms with van der Waals surface area (Å²) >= 11 is 1.45. The van der Waals surface area contributed by atoms with Crippen LogP contribution >= 0.6 is 11.8 Å². The number of aliphatic carboxylic acids is 1. The van der Waals surface area contributed by atoms with Gasteiger partial charge in [0.25, 0.3) is 0 Å². The fourth-order valence-corrected chi connectivity index (χ4v) is 3.86. The summed E-state index contributed by atoms with van der Waals surface area (Å²) in [4.78, 5) is 61.1. The van der Waals surface area contributed by atoms with Gasteiger partial charge in [-0.05, 0) is 63.6 Å². The summed E-state index contributed by atoms with van der Waals surface area (Å²) in [5.74, 6) is -3.27. The molecule has 1 heterocycles. The lowest BCUT2D eigenvalue weighted by molar-refractivity contribution is -0.142. The number of nitrogens with one attached hydrogen (secondary N) is 4. The second-order valence-corrected chi connectivity index (χ2v) is 8.89. The van der Waals surface area contributed by atoms with Gasteiger partial charge in [0.15, 0.2) is 0 Å². The van der Waals surface area contributed by atoms with Crippen molar-refractivity contribution in [2.75, 3.05) is 25.1 Å². The topological polar surface area (TPSA) is 206 Å². The summed E-state index contributed by atoms with van der Waals surface area (Å²) in [7, 11) is 0. The zero-order valence-electron chi connectivity index (χ0n) is 18.9. The van der Waals surface area contributed by atoms with Gasteiger partial charge in [-0.15, -0.1) is 0 Å². The molecule has 0 spiro atoms. The van der Waals surface area contributed by atoms with Gasteiger partial charge in [-0.2, -0.15) is 11.8 Å². The van der Waals surface area contributed by atoms with Gasteiger partial charge in [0, 0.05) is 0 Å². The van der Waals surface area contributed by atoms with Crippen LogP contribution in [0.5, 0.6) is 0 Å². The predicted octanol–water partition coefficient (Wildman–Crippen LogP) is -1.97. The van der Waals surface area contributed by atoms with E-state index in [9.17, 15) is 29.1 Å². The van der Waals surface area contributed by atoms with Crippen molar-refractivity contribution in [2.24, 2.45) is 11.5 Å². The number of rotatable bonds is 16. The summed E-state index contributed by atoms with van der Waals surface area (Å²) in [5.41, 5.74) is 10.7. The van der Waals surface area contributed by atoms with E-state index in [4.69, 9.17) is 11.5 Å². The molecule has 33 heavy (non-hydrogen) atoms. The molecule has 0 aromatic rings. The molecular weight excluding hydrogens is 452 g/mol. The molecule has 1 fully saturated rings. The number of thioether (sulfide) groups is 1. The van der Waals surface area contributed by atoms with Crippen molar-refractivity contribution in [1.82, 2.24) is 21.3 Å². The molecule has 4 amide bonds. The smallest absolute Gasteiger partial charge is 0.326 e. The quantitative estimate of drug-likeness (QED) is 0.120. The Labute approximate surface area is 197 Å². The minimum atomic E-state index is -1.25. The molecule has 4 unspecified atom stereocenters. The Kier molecular flexibility index (Phi) is 13.4. The third-order valence-corrected chi connectivity index (χ3v) is 5.86. The maximum atomic E-state index is 12.9. The number of unbranched alkanes of at least 4 members (excludes halogenated alkanes) is 1. The average molecular weight is 489 g/mol. The van der Waals surface area contributed by atoms with Crippen LogP contribution in [0.2, 0.25) is 0 Å². The summed E-state index contributed by atoms with van der Waals surface area (Å²) in [6.45, 7) is 1.09. The van der Waals surface area contributed by atoms with Crippen LogP contribution in [0, 0.1) is 0 Å². The second kappa shape index (κ2) is 15.5. The standard InChI is InChI=1S/C20H36N6O6S/c1-33-10-7-13(18(29)25-14(20(31)32)5-2-3-8-21)24-19(30)15(11-16(22)27)26-17(28)12-6-4-9-23-12/h12-15,23H,2-11,21H2,1H3,(H2,22,27)(H,24,30)(H,25,29)(H,26,28)(H,31,32). The van der Waals surface area contributed by atoms with Crippen molar-refractivity contribution in [1.29, 1.82) is 0 Å². The Hall–Kier alpha value is -2.38. The molecule has 1 aliphatic heterocycles. The number of carboxylic acids is 1. The summed E-state index contributed by atoms with van der Waals surface area (Å²) in [6, 6.07) is -3.87. The lowest BCUT2D eigenvalue weighted by Crippen LogP contribution is -2.57. The van der Waals surface area contributed by atoms with E-state index in [1.54, 1.807) is 0 Å². The first kappa shape index (κ1) is 28.7. The molecule has 9 N–H and O–H groups in total. The highest BCUT2D eigenvalue weighted by Gasteiger charge is 2.32. The summed E-state index contributed by atoms with van der Waals surface area (Å²) in [5, 5.41) is 19.9. The summed E-state index contributed by atoms with van der Waals surface area (Å²) in [6.07, 6.45) is 4.40. The van der Waals surface area contributed by atoms with Gasteiger partial charge in [0.05, 0.1) is 12.5 Å². The Morgan fingerprint density at radius 3 is 2.24 bits per heavy atom. The van der Waals surface area contributed by atoms with Crippen molar-refractivity contribution < 1.29 is 29.1 Å². The molecule has 4 atom stereocenters. The number of carbonyl (C=O) groups is 5. The van der Waals surface area contributed by atoms with E-state index >= 15 is 0 Å². The minimum absolute atomic E-state index is 0.205. The maximum absolute atomic E-state index is 12.9. The Morgan fingerprint density at radius 2 is 1.70 bits per heavy atom. The molecule has 0 saturated carbocycles. The molecule has 1 saturated heterocycles. The van der Waals surface area contributed by atoms with E-state index in [-0.39, 0.29) is 12.8 Å². The monoisotopic (exact) mass is 488 g/mol. The molecule has 0 radical (unpaired) electrons. The molecule has 1 rings (SSSR count). The van der Waals surface area contributed by atoms with Gasteiger partial charge < -0.3 is 37.8 Å². The first-order valence-electron chi connectivity index (χ1n) is 11.0. The van der Waals surface area contributed by atoms with Gasteiger partial charge in [-0.3, -0.25) is 19.2 Å². The average Bonchev–Trinajstić information content (AvgIpc) is 3.30. The fraction of sp³-hybridized carbons (Fsp3) is 0.750. The Balaban J connectivity index is 2.86. The van der Waals surface area contributed by atoms with Crippen LogP contribution < -0.4 is 32.7 Å². The SMILES string of the molecule is CSCCC(NC(=O)C(CC(N)=O)NC(=O)C1CCCN1)C(=O)NC(CCCCN)C(=O)O. The van der Waals surface area contributed by atoms with Crippen LogP contribution in [0.1, 0.15) is 44.9 Å². The number of primary amides is 1. The Morgan fingerprint density at radius 1 is 1.03 bits per heavy atom. The lowest BCUT2D eigenvalue weighted by atomic mass is 10.1. The number of hydrogen-bond acceptors (Lipinski definition) is 8. The molecule has 188 valence electrons. The zero-order valence-corrected chi connectivity index (χ0v) is 19.7. The molecule has 0 aliphatic carbocycles.